The average Bonchev–Trinajstić information content (AvgIpc) is 2.88. The van der Waals surface area contributed by atoms with Crippen molar-refractivity contribution < 1.29 is 19.0 Å². The van der Waals surface area contributed by atoms with Gasteiger partial charge in [-0.2, -0.15) is 0 Å². The number of hydrogen-bond donors (Lipinski definition) is 1. The zero-order valence-electron chi connectivity index (χ0n) is 11.1. The van der Waals surface area contributed by atoms with Gasteiger partial charge < -0.3 is 9.84 Å². The first-order valence-electron chi connectivity index (χ1n) is 6.53. The quantitative estimate of drug-likeness (QED) is 0.937. The van der Waals surface area contributed by atoms with Crippen molar-refractivity contribution >= 4 is 17.7 Å². The summed E-state index contributed by atoms with van der Waals surface area (Å²) in [5, 5.41) is 9.32. The summed E-state index contributed by atoms with van der Waals surface area (Å²) in [4.78, 5) is 12.3. The van der Waals surface area contributed by atoms with Crippen molar-refractivity contribution in [1.29, 1.82) is 0 Å². The van der Waals surface area contributed by atoms with Gasteiger partial charge in [0.1, 0.15) is 23.7 Å². The molecule has 1 aliphatic heterocycles. The molecule has 3 rings (SSSR count). The minimum Gasteiger partial charge on any atom is -0.492 e. The summed E-state index contributed by atoms with van der Waals surface area (Å²) in [7, 11) is 0. The third-order valence-corrected chi connectivity index (χ3v) is 4.60. The van der Waals surface area contributed by atoms with Crippen molar-refractivity contribution in [1.82, 2.24) is 0 Å². The molecule has 0 bridgehead atoms. The van der Waals surface area contributed by atoms with Crippen LogP contribution in [0, 0.1) is 5.82 Å². The smallest absolute Gasteiger partial charge is 0.339 e. The lowest BCUT2D eigenvalue weighted by Gasteiger charge is -2.12. The topological polar surface area (TPSA) is 46.5 Å². The summed E-state index contributed by atoms with van der Waals surface area (Å²) in [6, 6.07) is 11.7. The van der Waals surface area contributed by atoms with Crippen LogP contribution in [-0.4, -0.2) is 22.9 Å². The van der Waals surface area contributed by atoms with Crippen molar-refractivity contribution in [2.24, 2.45) is 0 Å². The number of halogens is 1. The summed E-state index contributed by atoms with van der Waals surface area (Å²) in [5.41, 5.74) is 1.14. The van der Waals surface area contributed by atoms with Crippen LogP contribution in [0.25, 0.3) is 0 Å². The highest BCUT2D eigenvalue weighted by Crippen LogP contribution is 2.37. The van der Waals surface area contributed by atoms with Gasteiger partial charge in [-0.1, -0.05) is 18.2 Å². The van der Waals surface area contributed by atoms with E-state index in [1.54, 1.807) is 11.8 Å². The molecular weight excluding hydrogens is 291 g/mol. The Morgan fingerprint density at radius 3 is 2.90 bits per heavy atom. The van der Waals surface area contributed by atoms with E-state index in [1.807, 2.05) is 12.1 Å². The highest BCUT2D eigenvalue weighted by Gasteiger charge is 2.23. The van der Waals surface area contributed by atoms with Gasteiger partial charge >= 0.3 is 5.97 Å². The normalized spacial score (nSPS) is 16.5. The Bertz CT molecular complexity index is 662. The molecule has 2 aromatic rings. The van der Waals surface area contributed by atoms with Crippen LogP contribution in [0.3, 0.4) is 0 Å². The van der Waals surface area contributed by atoms with Gasteiger partial charge in [-0.05, 0) is 36.2 Å². The highest BCUT2D eigenvalue weighted by molar-refractivity contribution is 8.00. The Kier molecular flexibility index (Phi) is 3.84. The molecule has 0 saturated heterocycles. The van der Waals surface area contributed by atoms with E-state index in [2.05, 4.69) is 12.1 Å². The van der Waals surface area contributed by atoms with E-state index in [0.717, 1.165) is 12.5 Å². The van der Waals surface area contributed by atoms with Crippen LogP contribution in [-0.2, 0) is 6.42 Å². The number of thioether (sulfide) groups is 1. The van der Waals surface area contributed by atoms with Crippen LogP contribution in [0.15, 0.2) is 47.4 Å². The van der Waals surface area contributed by atoms with Gasteiger partial charge in [0, 0.05) is 10.1 Å². The van der Waals surface area contributed by atoms with Crippen LogP contribution < -0.4 is 4.74 Å². The van der Waals surface area contributed by atoms with Crippen molar-refractivity contribution in [2.45, 2.75) is 16.6 Å². The maximum atomic E-state index is 13.1. The van der Waals surface area contributed by atoms with Gasteiger partial charge in [0.25, 0.3) is 0 Å². The predicted octanol–water partition coefficient (Wildman–Crippen LogP) is 3.62. The molecule has 0 saturated carbocycles. The maximum Gasteiger partial charge on any atom is 0.339 e. The predicted molar refractivity (Wildman–Crippen MR) is 78.6 cm³/mol. The molecule has 1 unspecified atom stereocenters. The molecule has 1 aliphatic rings. The summed E-state index contributed by atoms with van der Waals surface area (Å²) < 4.78 is 18.7. The van der Waals surface area contributed by atoms with Gasteiger partial charge in [0.2, 0.25) is 0 Å². The first-order chi connectivity index (χ1) is 10.1. The summed E-state index contributed by atoms with van der Waals surface area (Å²) in [6.45, 7) is 0.394. The van der Waals surface area contributed by atoms with Gasteiger partial charge in [-0.3, -0.25) is 0 Å². The second-order valence-corrected chi connectivity index (χ2v) is 6.15. The fourth-order valence-corrected chi connectivity index (χ4v) is 3.54. The number of aromatic carboxylic acids is 1. The molecule has 0 aromatic heterocycles. The Morgan fingerprint density at radius 2 is 2.14 bits per heavy atom. The fraction of sp³-hybridized carbons (Fsp3) is 0.188. The van der Waals surface area contributed by atoms with E-state index >= 15 is 0 Å². The van der Waals surface area contributed by atoms with E-state index in [9.17, 15) is 9.18 Å². The van der Waals surface area contributed by atoms with Crippen LogP contribution in [0.5, 0.6) is 5.75 Å². The molecule has 0 spiro atoms. The number of carboxylic acids is 1. The number of carbonyl (C=O) groups is 1. The Labute approximate surface area is 125 Å². The van der Waals surface area contributed by atoms with Crippen molar-refractivity contribution in [2.75, 3.05) is 6.61 Å². The van der Waals surface area contributed by atoms with Gasteiger partial charge in [0.15, 0.2) is 0 Å². The molecular formula is C16H13FO3S. The summed E-state index contributed by atoms with van der Waals surface area (Å²) in [6.07, 6.45) is 0.893. The molecule has 3 nitrogen and oxygen atoms in total. The number of rotatable bonds is 4. The first kappa shape index (κ1) is 13.9. The molecule has 1 atom stereocenters. The number of carboxylic acid groups (broad SMARTS) is 1. The van der Waals surface area contributed by atoms with E-state index in [1.165, 1.54) is 22.6 Å². The van der Waals surface area contributed by atoms with E-state index in [0.29, 0.717) is 6.61 Å². The van der Waals surface area contributed by atoms with Crippen LogP contribution in [0.4, 0.5) is 4.39 Å². The number of fused-ring (bicyclic) bond motifs is 1. The van der Waals surface area contributed by atoms with Gasteiger partial charge in [-0.15, -0.1) is 11.8 Å². The number of hydrogen-bond acceptors (Lipinski definition) is 3. The van der Waals surface area contributed by atoms with E-state index in [-0.39, 0.29) is 16.6 Å². The monoisotopic (exact) mass is 304 g/mol. The van der Waals surface area contributed by atoms with E-state index in [4.69, 9.17) is 9.84 Å². The molecule has 108 valence electrons. The Balaban J connectivity index is 1.68. The zero-order valence-corrected chi connectivity index (χ0v) is 11.9. The summed E-state index contributed by atoms with van der Waals surface area (Å²) >= 11 is 1.73. The van der Waals surface area contributed by atoms with Gasteiger partial charge in [-0.25, -0.2) is 9.18 Å². The molecule has 1 N–H and O–H groups in total. The third kappa shape index (κ3) is 3.03. The van der Waals surface area contributed by atoms with Crippen LogP contribution in [0.2, 0.25) is 0 Å². The minimum absolute atomic E-state index is 0.143. The summed E-state index contributed by atoms with van der Waals surface area (Å²) in [5.74, 6) is -1.56. The zero-order chi connectivity index (χ0) is 14.8. The molecule has 2 aromatic carbocycles. The molecule has 1 heterocycles. The Hall–Kier alpha value is -2.01. The van der Waals surface area contributed by atoms with Crippen molar-refractivity contribution in [3.63, 3.8) is 0 Å². The third-order valence-electron chi connectivity index (χ3n) is 3.31. The average molecular weight is 304 g/mol. The highest BCUT2D eigenvalue weighted by atomic mass is 32.2. The van der Waals surface area contributed by atoms with Crippen LogP contribution >= 0.6 is 11.8 Å². The molecule has 0 aliphatic carbocycles. The van der Waals surface area contributed by atoms with Crippen molar-refractivity contribution in [3.8, 4) is 5.75 Å². The lowest BCUT2D eigenvalue weighted by Crippen LogP contribution is -2.15. The standard InChI is InChI=1S/C16H13FO3S/c17-11-5-6-14(13(8-11)16(18)19)20-9-12-7-10-3-1-2-4-15(10)21-12/h1-6,8,12H,7,9H2,(H,18,19). The van der Waals surface area contributed by atoms with Crippen LogP contribution in [0.1, 0.15) is 15.9 Å². The largest absolute Gasteiger partial charge is 0.492 e. The second kappa shape index (κ2) is 5.77. The lowest BCUT2D eigenvalue weighted by molar-refractivity contribution is 0.0691. The van der Waals surface area contributed by atoms with Gasteiger partial charge in [0.05, 0.1) is 0 Å². The maximum absolute atomic E-state index is 13.1. The minimum atomic E-state index is -1.19. The Morgan fingerprint density at radius 1 is 1.33 bits per heavy atom. The molecule has 0 fully saturated rings. The molecule has 21 heavy (non-hydrogen) atoms. The lowest BCUT2D eigenvalue weighted by atomic mass is 10.1. The van der Waals surface area contributed by atoms with E-state index < -0.39 is 11.8 Å². The molecule has 0 amide bonds. The van der Waals surface area contributed by atoms with Crippen molar-refractivity contribution in [3.05, 3.63) is 59.4 Å². The SMILES string of the molecule is O=C(O)c1cc(F)ccc1OCC1Cc2ccccc2S1. The molecule has 0 radical (unpaired) electrons. The fourth-order valence-electron chi connectivity index (χ4n) is 2.32. The number of benzene rings is 2. The second-order valence-electron chi connectivity index (χ2n) is 4.81. The first-order valence-corrected chi connectivity index (χ1v) is 7.41. The molecule has 5 heteroatoms. The number of ether oxygens (including phenoxy) is 1.